The largest absolute Gasteiger partial charge is 0.352 e. The zero-order chi connectivity index (χ0) is 13.6. The normalized spacial score (nSPS) is 13.0. The van der Waals surface area contributed by atoms with Crippen LogP contribution >= 0.6 is 7.60 Å². The monoisotopic (exact) mass is 267 g/mol. The summed E-state index contributed by atoms with van der Waals surface area (Å²) in [5.41, 5.74) is 0.865. The van der Waals surface area contributed by atoms with Crippen molar-refractivity contribution in [1.82, 2.24) is 0 Å². The molecule has 4 nitrogen and oxygen atoms in total. The van der Waals surface area contributed by atoms with Gasteiger partial charge in [-0.15, -0.1) is 0 Å². The maximum atomic E-state index is 12.6. The summed E-state index contributed by atoms with van der Waals surface area (Å²) in [5.74, 6) is 0. The molecule has 0 aliphatic rings. The lowest BCUT2D eigenvalue weighted by Crippen LogP contribution is -2.05. The van der Waals surface area contributed by atoms with Gasteiger partial charge in [-0.1, -0.05) is 29.8 Å². The number of hydrogen-bond donors (Lipinski definition) is 0. The molecule has 0 N–H and O–H groups in total. The standard InChI is InChI=1S/C13H18NO3P/c1-4-16-18(15,17-5-2)13(10-14)12-8-6-11(3)7-9-12/h6-9,13H,4-5H2,1-3H3. The predicted octanol–water partition coefficient (Wildman–Crippen LogP) is 3.83. The Labute approximate surface area is 108 Å². The van der Waals surface area contributed by atoms with Gasteiger partial charge in [0.25, 0.3) is 0 Å². The number of rotatable bonds is 6. The molecule has 0 heterocycles. The first kappa shape index (κ1) is 14.9. The highest BCUT2D eigenvalue weighted by atomic mass is 31.2. The molecular weight excluding hydrogens is 249 g/mol. The van der Waals surface area contributed by atoms with Crippen molar-refractivity contribution in [2.24, 2.45) is 0 Å². The molecule has 1 aromatic rings. The second-order valence-corrected chi connectivity index (χ2v) is 5.93. The van der Waals surface area contributed by atoms with Crippen LogP contribution in [0.15, 0.2) is 24.3 Å². The lowest BCUT2D eigenvalue weighted by molar-refractivity contribution is 0.216. The van der Waals surface area contributed by atoms with Crippen LogP contribution in [0.3, 0.4) is 0 Å². The minimum absolute atomic E-state index is 0.251. The first-order valence-corrected chi connectivity index (χ1v) is 7.53. The fourth-order valence-electron chi connectivity index (χ4n) is 1.62. The smallest absolute Gasteiger partial charge is 0.308 e. The van der Waals surface area contributed by atoms with Gasteiger partial charge in [0.05, 0.1) is 19.3 Å². The number of hydrogen-bond acceptors (Lipinski definition) is 4. The zero-order valence-corrected chi connectivity index (χ0v) is 11.8. The first-order valence-electron chi connectivity index (χ1n) is 5.92. The molecule has 0 aromatic heterocycles. The molecule has 0 spiro atoms. The van der Waals surface area contributed by atoms with E-state index in [1.807, 2.05) is 25.1 Å². The maximum absolute atomic E-state index is 12.6. The summed E-state index contributed by atoms with van der Waals surface area (Å²) in [5, 5.41) is 9.26. The van der Waals surface area contributed by atoms with Gasteiger partial charge in [0.1, 0.15) is 0 Å². The van der Waals surface area contributed by atoms with E-state index in [-0.39, 0.29) is 13.2 Å². The summed E-state index contributed by atoms with van der Waals surface area (Å²) in [6, 6.07) is 9.36. The van der Waals surface area contributed by atoms with E-state index in [4.69, 9.17) is 9.05 Å². The van der Waals surface area contributed by atoms with Crippen LogP contribution in [0.25, 0.3) is 0 Å². The van der Waals surface area contributed by atoms with Crippen molar-refractivity contribution < 1.29 is 13.6 Å². The Bertz CT molecular complexity index is 454. The average Bonchev–Trinajstić information content (AvgIpc) is 2.33. The van der Waals surface area contributed by atoms with Gasteiger partial charge < -0.3 is 9.05 Å². The third-order valence-corrected chi connectivity index (χ3v) is 4.73. The Hall–Kier alpha value is -1.14. The zero-order valence-electron chi connectivity index (χ0n) is 10.9. The second-order valence-electron chi connectivity index (χ2n) is 3.82. The van der Waals surface area contributed by atoms with Crippen molar-refractivity contribution in [3.63, 3.8) is 0 Å². The van der Waals surface area contributed by atoms with Crippen LogP contribution in [0.4, 0.5) is 0 Å². The van der Waals surface area contributed by atoms with Crippen LogP contribution in [-0.4, -0.2) is 13.2 Å². The van der Waals surface area contributed by atoms with Gasteiger partial charge >= 0.3 is 7.60 Å². The van der Waals surface area contributed by atoms with Crippen LogP contribution in [-0.2, 0) is 13.6 Å². The highest BCUT2D eigenvalue weighted by Gasteiger charge is 2.36. The minimum Gasteiger partial charge on any atom is -0.308 e. The summed E-state index contributed by atoms with van der Waals surface area (Å²) in [7, 11) is -3.43. The van der Waals surface area contributed by atoms with E-state index in [1.165, 1.54) is 0 Å². The third-order valence-electron chi connectivity index (χ3n) is 2.45. The Morgan fingerprint density at radius 3 is 2.11 bits per heavy atom. The molecule has 0 aliphatic carbocycles. The summed E-state index contributed by atoms with van der Waals surface area (Å²) in [6.07, 6.45) is 0. The lowest BCUT2D eigenvalue weighted by atomic mass is 10.1. The summed E-state index contributed by atoms with van der Waals surface area (Å²) >= 11 is 0. The number of aryl methyl sites for hydroxylation is 1. The van der Waals surface area contributed by atoms with E-state index in [0.29, 0.717) is 5.56 Å². The van der Waals surface area contributed by atoms with Gasteiger partial charge in [-0.3, -0.25) is 4.57 Å². The highest BCUT2D eigenvalue weighted by Crippen LogP contribution is 2.60. The number of benzene rings is 1. The molecule has 5 heteroatoms. The Kier molecular flexibility index (Phi) is 5.55. The van der Waals surface area contributed by atoms with Crippen molar-refractivity contribution in [3.05, 3.63) is 35.4 Å². The first-order chi connectivity index (χ1) is 8.57. The van der Waals surface area contributed by atoms with Gasteiger partial charge in [0.2, 0.25) is 0 Å². The molecule has 0 radical (unpaired) electrons. The van der Waals surface area contributed by atoms with E-state index >= 15 is 0 Å². The topological polar surface area (TPSA) is 59.3 Å². The number of nitriles is 1. The lowest BCUT2D eigenvalue weighted by Gasteiger charge is -2.21. The molecule has 0 saturated heterocycles. The summed E-state index contributed by atoms with van der Waals surface area (Å²) < 4.78 is 23.0. The molecule has 0 fully saturated rings. The molecule has 1 aromatic carbocycles. The van der Waals surface area contributed by atoms with Crippen LogP contribution in [0.1, 0.15) is 30.6 Å². The van der Waals surface area contributed by atoms with Gasteiger partial charge in [0.15, 0.2) is 5.66 Å². The number of nitrogens with zero attached hydrogens (tertiary/aromatic N) is 1. The quantitative estimate of drug-likeness (QED) is 0.735. The molecule has 18 heavy (non-hydrogen) atoms. The van der Waals surface area contributed by atoms with Crippen LogP contribution in [0, 0.1) is 18.3 Å². The molecule has 1 unspecified atom stereocenters. The average molecular weight is 267 g/mol. The fourth-order valence-corrected chi connectivity index (χ4v) is 3.39. The Balaban J connectivity index is 3.10. The van der Waals surface area contributed by atoms with Crippen molar-refractivity contribution in [2.45, 2.75) is 26.4 Å². The van der Waals surface area contributed by atoms with Gasteiger partial charge in [-0.05, 0) is 26.3 Å². The molecule has 0 amide bonds. The van der Waals surface area contributed by atoms with Crippen molar-refractivity contribution in [1.29, 1.82) is 5.26 Å². The van der Waals surface area contributed by atoms with Crippen LogP contribution in [0.5, 0.6) is 0 Å². The van der Waals surface area contributed by atoms with Crippen molar-refractivity contribution >= 4 is 7.60 Å². The maximum Gasteiger partial charge on any atom is 0.352 e. The highest BCUT2D eigenvalue weighted by molar-refractivity contribution is 7.54. The predicted molar refractivity (Wildman–Crippen MR) is 70.4 cm³/mol. The second kappa shape index (κ2) is 6.70. The molecule has 98 valence electrons. The molecular formula is C13H18NO3P. The van der Waals surface area contributed by atoms with Crippen molar-refractivity contribution in [3.8, 4) is 6.07 Å². The van der Waals surface area contributed by atoms with E-state index in [2.05, 4.69) is 0 Å². The summed E-state index contributed by atoms with van der Waals surface area (Å²) in [6.45, 7) is 5.92. The van der Waals surface area contributed by atoms with E-state index < -0.39 is 13.3 Å². The minimum atomic E-state index is -3.43. The van der Waals surface area contributed by atoms with E-state index in [1.54, 1.807) is 26.0 Å². The van der Waals surface area contributed by atoms with Crippen LogP contribution < -0.4 is 0 Å². The van der Waals surface area contributed by atoms with Gasteiger partial charge in [-0.25, -0.2) is 0 Å². The van der Waals surface area contributed by atoms with Crippen LogP contribution in [0.2, 0.25) is 0 Å². The van der Waals surface area contributed by atoms with Gasteiger partial charge in [0, 0.05) is 0 Å². The van der Waals surface area contributed by atoms with E-state index in [0.717, 1.165) is 5.56 Å². The molecule has 0 bridgehead atoms. The molecule has 0 saturated carbocycles. The summed E-state index contributed by atoms with van der Waals surface area (Å²) in [4.78, 5) is 0. The van der Waals surface area contributed by atoms with E-state index in [9.17, 15) is 9.83 Å². The van der Waals surface area contributed by atoms with Crippen molar-refractivity contribution in [2.75, 3.05) is 13.2 Å². The SMILES string of the molecule is CCOP(=O)(OCC)C(C#N)c1ccc(C)cc1. The molecule has 1 atom stereocenters. The fraction of sp³-hybridized carbons (Fsp3) is 0.462. The molecule has 1 rings (SSSR count). The Morgan fingerprint density at radius 1 is 1.22 bits per heavy atom. The van der Waals surface area contributed by atoms with Gasteiger partial charge in [-0.2, -0.15) is 5.26 Å². The third kappa shape index (κ3) is 3.43. The molecule has 0 aliphatic heterocycles. The Morgan fingerprint density at radius 2 is 1.72 bits per heavy atom.